The van der Waals surface area contributed by atoms with Gasteiger partial charge in [0.15, 0.2) is 5.11 Å². The number of hydrogen-bond acceptors (Lipinski definition) is 3. The molecular formula is C14H13IN4S. The van der Waals surface area contributed by atoms with E-state index in [1.165, 1.54) is 0 Å². The summed E-state index contributed by atoms with van der Waals surface area (Å²) in [6, 6.07) is 13.6. The first-order valence-electron chi connectivity index (χ1n) is 5.94. The van der Waals surface area contributed by atoms with Crippen molar-refractivity contribution in [1.82, 2.24) is 10.4 Å². The third-order valence-corrected chi connectivity index (χ3v) is 3.62. The fraction of sp³-hybridized carbons (Fsp3) is 0.0714. The van der Waals surface area contributed by atoms with Gasteiger partial charge in [-0.3, -0.25) is 10.4 Å². The SMILES string of the molecule is C/C(=N/NC(=S)Nc1ccccc1I)c1ccccn1. The number of nitrogens with zero attached hydrogens (tertiary/aromatic N) is 2. The average Bonchev–Trinajstić information content (AvgIpc) is 2.48. The van der Waals surface area contributed by atoms with Crippen molar-refractivity contribution in [1.29, 1.82) is 0 Å². The highest BCUT2D eigenvalue weighted by atomic mass is 127. The Balaban J connectivity index is 1.97. The lowest BCUT2D eigenvalue weighted by Gasteiger charge is -2.09. The second-order valence-corrected chi connectivity index (χ2v) is 5.53. The summed E-state index contributed by atoms with van der Waals surface area (Å²) < 4.78 is 1.10. The first-order chi connectivity index (χ1) is 9.66. The van der Waals surface area contributed by atoms with E-state index < -0.39 is 0 Å². The van der Waals surface area contributed by atoms with Crippen molar-refractivity contribution >= 4 is 51.3 Å². The maximum Gasteiger partial charge on any atom is 0.191 e. The largest absolute Gasteiger partial charge is 0.330 e. The molecule has 0 fully saturated rings. The number of hydrogen-bond donors (Lipinski definition) is 2. The van der Waals surface area contributed by atoms with Crippen molar-refractivity contribution in [2.75, 3.05) is 5.32 Å². The fourth-order valence-electron chi connectivity index (χ4n) is 1.48. The summed E-state index contributed by atoms with van der Waals surface area (Å²) in [5, 5.41) is 7.77. The first kappa shape index (κ1) is 14.9. The molecule has 1 heterocycles. The molecule has 0 amide bonds. The fourth-order valence-corrected chi connectivity index (χ4v) is 2.16. The van der Waals surface area contributed by atoms with Gasteiger partial charge in [0.2, 0.25) is 0 Å². The molecule has 0 radical (unpaired) electrons. The minimum atomic E-state index is 0.449. The summed E-state index contributed by atoms with van der Waals surface area (Å²) in [4.78, 5) is 4.22. The predicted octanol–water partition coefficient (Wildman–Crippen LogP) is 3.40. The molecule has 0 atom stereocenters. The minimum absolute atomic E-state index is 0.449. The molecule has 2 rings (SSSR count). The molecule has 0 saturated carbocycles. The third kappa shape index (κ3) is 4.24. The highest BCUT2D eigenvalue weighted by Crippen LogP contribution is 2.16. The van der Waals surface area contributed by atoms with E-state index >= 15 is 0 Å². The second kappa shape index (κ2) is 7.30. The number of anilines is 1. The van der Waals surface area contributed by atoms with Gasteiger partial charge in [0, 0.05) is 9.77 Å². The number of aromatic nitrogens is 1. The predicted molar refractivity (Wildman–Crippen MR) is 95.0 cm³/mol. The van der Waals surface area contributed by atoms with Crippen molar-refractivity contribution in [2.45, 2.75) is 6.92 Å². The lowest BCUT2D eigenvalue weighted by Crippen LogP contribution is -2.25. The number of thiocarbonyl (C=S) groups is 1. The molecule has 0 bridgehead atoms. The molecule has 0 aliphatic rings. The van der Waals surface area contributed by atoms with Crippen LogP contribution in [0.1, 0.15) is 12.6 Å². The molecule has 0 saturated heterocycles. The standard InChI is InChI=1S/C14H13IN4S/c1-10(12-7-4-5-9-16-12)18-19-14(20)17-13-8-3-2-6-11(13)15/h2-9H,1H3,(H2,17,19,20)/b18-10-. The number of para-hydroxylation sites is 1. The van der Waals surface area contributed by atoms with E-state index in [9.17, 15) is 0 Å². The monoisotopic (exact) mass is 396 g/mol. The Labute approximate surface area is 136 Å². The van der Waals surface area contributed by atoms with Crippen molar-refractivity contribution < 1.29 is 0 Å². The number of hydrazone groups is 1. The van der Waals surface area contributed by atoms with Crippen LogP contribution in [0.5, 0.6) is 0 Å². The summed E-state index contributed by atoms with van der Waals surface area (Å²) >= 11 is 7.46. The van der Waals surface area contributed by atoms with Crippen LogP contribution in [-0.2, 0) is 0 Å². The van der Waals surface area contributed by atoms with E-state index in [2.05, 4.69) is 43.4 Å². The van der Waals surface area contributed by atoms with Crippen LogP contribution < -0.4 is 10.7 Å². The molecule has 0 aliphatic heterocycles. The molecule has 0 unspecified atom stereocenters. The Bertz CT molecular complexity index is 628. The Morgan fingerprint density at radius 1 is 1.20 bits per heavy atom. The van der Waals surface area contributed by atoms with Crippen LogP contribution in [0.2, 0.25) is 0 Å². The van der Waals surface area contributed by atoms with Gasteiger partial charge in [0.05, 0.1) is 17.1 Å². The lowest BCUT2D eigenvalue weighted by atomic mass is 10.3. The van der Waals surface area contributed by atoms with Gasteiger partial charge in [-0.05, 0) is 66.0 Å². The van der Waals surface area contributed by atoms with Crippen LogP contribution in [0.15, 0.2) is 53.8 Å². The molecule has 102 valence electrons. The number of pyridine rings is 1. The van der Waals surface area contributed by atoms with Crippen molar-refractivity contribution in [3.63, 3.8) is 0 Å². The number of rotatable bonds is 3. The highest BCUT2D eigenvalue weighted by Gasteiger charge is 2.01. The Hall–Kier alpha value is -1.54. The van der Waals surface area contributed by atoms with Crippen LogP contribution >= 0.6 is 34.8 Å². The average molecular weight is 396 g/mol. The minimum Gasteiger partial charge on any atom is -0.330 e. The van der Waals surface area contributed by atoms with Gasteiger partial charge in [-0.15, -0.1) is 0 Å². The number of benzene rings is 1. The lowest BCUT2D eigenvalue weighted by molar-refractivity contribution is 1.03. The normalized spacial score (nSPS) is 11.0. The van der Waals surface area contributed by atoms with E-state index in [1.54, 1.807) is 6.20 Å². The van der Waals surface area contributed by atoms with Gasteiger partial charge in [-0.1, -0.05) is 18.2 Å². The molecule has 20 heavy (non-hydrogen) atoms. The topological polar surface area (TPSA) is 49.3 Å². The van der Waals surface area contributed by atoms with Crippen molar-refractivity contribution in [3.8, 4) is 0 Å². The van der Waals surface area contributed by atoms with E-state index in [1.807, 2.05) is 49.4 Å². The van der Waals surface area contributed by atoms with Gasteiger partial charge in [0.1, 0.15) is 0 Å². The summed E-state index contributed by atoms with van der Waals surface area (Å²) in [5.41, 5.74) is 5.37. The van der Waals surface area contributed by atoms with E-state index in [4.69, 9.17) is 12.2 Å². The van der Waals surface area contributed by atoms with Gasteiger partial charge in [0.25, 0.3) is 0 Å². The quantitative estimate of drug-likeness (QED) is 0.362. The van der Waals surface area contributed by atoms with Crippen LogP contribution in [0.3, 0.4) is 0 Å². The zero-order chi connectivity index (χ0) is 14.4. The van der Waals surface area contributed by atoms with Crippen molar-refractivity contribution in [2.24, 2.45) is 5.10 Å². The highest BCUT2D eigenvalue weighted by molar-refractivity contribution is 14.1. The van der Waals surface area contributed by atoms with Gasteiger partial charge >= 0.3 is 0 Å². The molecule has 0 aliphatic carbocycles. The molecule has 4 nitrogen and oxygen atoms in total. The Morgan fingerprint density at radius 3 is 2.65 bits per heavy atom. The summed E-state index contributed by atoms with van der Waals surface area (Å²) in [6.07, 6.45) is 1.73. The Kier molecular flexibility index (Phi) is 5.42. The zero-order valence-corrected chi connectivity index (χ0v) is 13.8. The van der Waals surface area contributed by atoms with E-state index in [-0.39, 0.29) is 0 Å². The van der Waals surface area contributed by atoms with Crippen molar-refractivity contribution in [3.05, 3.63) is 57.9 Å². The molecule has 0 spiro atoms. The van der Waals surface area contributed by atoms with Crippen LogP contribution in [0.4, 0.5) is 5.69 Å². The molecule has 1 aromatic carbocycles. The summed E-state index contributed by atoms with van der Waals surface area (Å²) in [5.74, 6) is 0. The van der Waals surface area contributed by atoms with Gasteiger partial charge < -0.3 is 5.32 Å². The van der Waals surface area contributed by atoms with E-state index in [0.717, 1.165) is 20.7 Å². The summed E-state index contributed by atoms with van der Waals surface area (Å²) in [7, 11) is 0. The second-order valence-electron chi connectivity index (χ2n) is 3.96. The van der Waals surface area contributed by atoms with Crippen LogP contribution in [-0.4, -0.2) is 15.8 Å². The Morgan fingerprint density at radius 2 is 1.95 bits per heavy atom. The van der Waals surface area contributed by atoms with Crippen LogP contribution in [0, 0.1) is 3.57 Å². The zero-order valence-electron chi connectivity index (χ0n) is 10.8. The molecule has 2 N–H and O–H groups in total. The molecule has 6 heteroatoms. The molecule has 2 aromatic rings. The molecule has 1 aromatic heterocycles. The first-order valence-corrected chi connectivity index (χ1v) is 7.43. The van der Waals surface area contributed by atoms with E-state index in [0.29, 0.717) is 5.11 Å². The third-order valence-electron chi connectivity index (χ3n) is 2.48. The maximum atomic E-state index is 5.21. The van der Waals surface area contributed by atoms with Gasteiger partial charge in [-0.2, -0.15) is 5.10 Å². The maximum absolute atomic E-state index is 5.21. The van der Waals surface area contributed by atoms with Crippen LogP contribution in [0.25, 0.3) is 0 Å². The number of halogens is 1. The smallest absolute Gasteiger partial charge is 0.191 e. The number of nitrogens with one attached hydrogen (secondary N) is 2. The molecular weight excluding hydrogens is 383 g/mol. The van der Waals surface area contributed by atoms with Gasteiger partial charge in [-0.25, -0.2) is 0 Å². The summed E-state index contributed by atoms with van der Waals surface area (Å²) in [6.45, 7) is 1.88.